The average molecular weight is 286 g/mol. The second-order valence-corrected chi connectivity index (χ2v) is 5.24. The molecule has 0 saturated carbocycles. The second-order valence-electron chi connectivity index (χ2n) is 4.18. The van der Waals surface area contributed by atoms with Gasteiger partial charge in [-0.05, 0) is 24.1 Å². The van der Waals surface area contributed by atoms with Crippen LogP contribution in [-0.2, 0) is 0 Å². The number of hydrogen-bond donors (Lipinski definition) is 0. The Kier molecular flexibility index (Phi) is 3.91. The lowest BCUT2D eigenvalue weighted by molar-refractivity contribution is -0.380. The summed E-state index contributed by atoms with van der Waals surface area (Å²) in [6.45, 7) is 1.82. The molecule has 2 rings (SSSR count). The lowest BCUT2D eigenvalue weighted by Crippen LogP contribution is -2.11. The van der Waals surface area contributed by atoms with Gasteiger partial charge in [0.1, 0.15) is 5.92 Å². The Morgan fingerprint density at radius 2 is 2.05 bits per heavy atom. The molecule has 1 unspecified atom stereocenters. The molecule has 0 radical (unpaired) electrons. The third-order valence-electron chi connectivity index (χ3n) is 2.91. The van der Waals surface area contributed by atoms with Crippen LogP contribution in [0.4, 0.5) is 5.00 Å². The number of rotatable bonds is 4. The number of carbonyl (C=O) groups is 1. The molecule has 20 heavy (non-hydrogen) atoms. The quantitative estimate of drug-likeness (QED) is 0.489. The monoisotopic (exact) mass is 286 g/mol. The molecule has 100 valence electrons. The van der Waals surface area contributed by atoms with Crippen molar-refractivity contribution < 1.29 is 9.72 Å². The van der Waals surface area contributed by atoms with Crippen LogP contribution in [0.2, 0.25) is 0 Å². The van der Waals surface area contributed by atoms with Gasteiger partial charge < -0.3 is 0 Å². The van der Waals surface area contributed by atoms with E-state index in [1.54, 1.807) is 12.1 Å². The number of Topliss-reactive ketones (excluding diaryl/α,β-unsaturated/α-hetero) is 1. The number of ketones is 1. The van der Waals surface area contributed by atoms with Gasteiger partial charge in [-0.25, -0.2) is 0 Å². The van der Waals surface area contributed by atoms with Crippen molar-refractivity contribution >= 4 is 22.1 Å². The summed E-state index contributed by atoms with van der Waals surface area (Å²) in [6, 6.07) is 11.8. The van der Waals surface area contributed by atoms with Crippen molar-refractivity contribution in [2.75, 3.05) is 0 Å². The lowest BCUT2D eigenvalue weighted by Gasteiger charge is -2.09. The van der Waals surface area contributed by atoms with Gasteiger partial charge in [-0.1, -0.05) is 35.6 Å². The smallest absolute Gasteiger partial charge is 0.291 e. The zero-order valence-electron chi connectivity index (χ0n) is 10.6. The summed E-state index contributed by atoms with van der Waals surface area (Å²) in [5.41, 5.74) is 1.48. The van der Waals surface area contributed by atoms with Crippen LogP contribution in [0, 0.1) is 28.4 Å². The van der Waals surface area contributed by atoms with E-state index < -0.39 is 16.6 Å². The number of nitrogens with zero attached hydrogens (tertiary/aromatic N) is 2. The van der Waals surface area contributed by atoms with E-state index in [1.807, 2.05) is 25.1 Å². The first-order valence-electron chi connectivity index (χ1n) is 5.78. The van der Waals surface area contributed by atoms with E-state index in [9.17, 15) is 20.2 Å². The fourth-order valence-electron chi connectivity index (χ4n) is 1.88. The maximum atomic E-state index is 12.3. The molecule has 0 N–H and O–H groups in total. The van der Waals surface area contributed by atoms with Gasteiger partial charge in [-0.2, -0.15) is 5.26 Å². The first kappa shape index (κ1) is 13.9. The Bertz CT molecular complexity index is 715. The Balaban J connectivity index is 2.37. The molecule has 0 amide bonds. The van der Waals surface area contributed by atoms with Crippen molar-refractivity contribution in [1.29, 1.82) is 5.26 Å². The number of benzene rings is 1. The highest BCUT2D eigenvalue weighted by atomic mass is 32.1. The second kappa shape index (κ2) is 5.63. The molecule has 1 atom stereocenters. The van der Waals surface area contributed by atoms with Crippen molar-refractivity contribution in [3.8, 4) is 6.07 Å². The van der Waals surface area contributed by atoms with Gasteiger partial charge in [0.2, 0.25) is 0 Å². The molecule has 2 aromatic rings. The zero-order chi connectivity index (χ0) is 14.7. The molecule has 5 nitrogen and oxygen atoms in total. The largest absolute Gasteiger partial charge is 0.324 e. The summed E-state index contributed by atoms with van der Waals surface area (Å²) in [6.07, 6.45) is 0. The van der Waals surface area contributed by atoms with E-state index in [4.69, 9.17) is 0 Å². The van der Waals surface area contributed by atoms with Crippen LogP contribution in [0.3, 0.4) is 0 Å². The normalized spacial score (nSPS) is 11.6. The minimum atomic E-state index is -0.936. The van der Waals surface area contributed by atoms with Crippen molar-refractivity contribution in [3.63, 3.8) is 0 Å². The van der Waals surface area contributed by atoms with Crippen molar-refractivity contribution in [2.45, 2.75) is 12.8 Å². The molecule has 6 heteroatoms. The van der Waals surface area contributed by atoms with E-state index in [-0.39, 0.29) is 9.88 Å². The molecule has 1 heterocycles. The summed E-state index contributed by atoms with van der Waals surface area (Å²) >= 11 is 0.794. The zero-order valence-corrected chi connectivity index (χ0v) is 11.4. The van der Waals surface area contributed by atoms with Crippen LogP contribution >= 0.6 is 11.3 Å². The third kappa shape index (κ3) is 2.58. The number of carbonyl (C=O) groups excluding carboxylic acids is 1. The van der Waals surface area contributed by atoms with Crippen LogP contribution in [0.15, 0.2) is 36.4 Å². The van der Waals surface area contributed by atoms with Crippen LogP contribution < -0.4 is 0 Å². The van der Waals surface area contributed by atoms with Gasteiger partial charge in [0.15, 0.2) is 5.78 Å². The lowest BCUT2D eigenvalue weighted by atomic mass is 9.92. The van der Waals surface area contributed by atoms with Gasteiger partial charge in [0.05, 0.1) is 15.9 Å². The maximum absolute atomic E-state index is 12.3. The SMILES string of the molecule is Cc1ccccc1C(C#N)C(=O)c1ccc([N+](=O)[O-])s1. The van der Waals surface area contributed by atoms with Crippen molar-refractivity contribution in [2.24, 2.45) is 0 Å². The van der Waals surface area contributed by atoms with Crippen LogP contribution in [0.5, 0.6) is 0 Å². The highest BCUT2D eigenvalue weighted by molar-refractivity contribution is 7.17. The first-order chi connectivity index (χ1) is 9.54. The summed E-state index contributed by atoms with van der Waals surface area (Å²) in [4.78, 5) is 22.7. The van der Waals surface area contributed by atoms with Crippen molar-refractivity contribution in [1.82, 2.24) is 0 Å². The highest BCUT2D eigenvalue weighted by Gasteiger charge is 2.26. The Hall–Kier alpha value is -2.52. The summed E-state index contributed by atoms with van der Waals surface area (Å²) < 4.78 is 0. The summed E-state index contributed by atoms with van der Waals surface area (Å²) in [5, 5.41) is 19.8. The van der Waals surface area contributed by atoms with E-state index in [1.165, 1.54) is 12.1 Å². The minimum Gasteiger partial charge on any atom is -0.291 e. The minimum absolute atomic E-state index is 0.102. The fraction of sp³-hybridized carbons (Fsp3) is 0.143. The van der Waals surface area contributed by atoms with Gasteiger partial charge in [-0.3, -0.25) is 14.9 Å². The number of nitriles is 1. The fourth-order valence-corrected chi connectivity index (χ4v) is 2.67. The molecule has 0 aliphatic heterocycles. The molecule has 1 aromatic heterocycles. The maximum Gasteiger partial charge on any atom is 0.324 e. The Morgan fingerprint density at radius 3 is 2.60 bits per heavy atom. The summed E-state index contributed by atoms with van der Waals surface area (Å²) in [5.74, 6) is -1.34. The molecule has 0 bridgehead atoms. The van der Waals surface area contributed by atoms with E-state index in [0.717, 1.165) is 16.9 Å². The Labute approximate surface area is 119 Å². The predicted molar refractivity (Wildman–Crippen MR) is 74.8 cm³/mol. The number of hydrogen-bond acceptors (Lipinski definition) is 5. The van der Waals surface area contributed by atoms with E-state index in [0.29, 0.717) is 5.56 Å². The van der Waals surface area contributed by atoms with Crippen LogP contribution in [0.25, 0.3) is 0 Å². The van der Waals surface area contributed by atoms with Gasteiger partial charge >= 0.3 is 5.00 Å². The number of nitro groups is 1. The molecular weight excluding hydrogens is 276 g/mol. The van der Waals surface area contributed by atoms with Gasteiger partial charge in [-0.15, -0.1) is 0 Å². The van der Waals surface area contributed by atoms with Crippen LogP contribution in [0.1, 0.15) is 26.7 Å². The summed E-state index contributed by atoms with van der Waals surface area (Å²) in [7, 11) is 0. The topological polar surface area (TPSA) is 84.0 Å². The molecule has 0 aliphatic rings. The number of thiophene rings is 1. The standard InChI is InChI=1S/C14H10N2O3S/c1-9-4-2-3-5-10(9)11(8-15)14(17)12-6-7-13(20-12)16(18)19/h2-7,11H,1H3. The van der Waals surface area contributed by atoms with Gasteiger partial charge in [0.25, 0.3) is 0 Å². The van der Waals surface area contributed by atoms with Crippen LogP contribution in [-0.4, -0.2) is 10.7 Å². The molecule has 1 aromatic carbocycles. The molecular formula is C14H10N2O3S. The first-order valence-corrected chi connectivity index (χ1v) is 6.60. The third-order valence-corrected chi connectivity index (χ3v) is 3.96. The number of aryl methyl sites for hydroxylation is 1. The van der Waals surface area contributed by atoms with E-state index >= 15 is 0 Å². The van der Waals surface area contributed by atoms with E-state index in [2.05, 4.69) is 0 Å². The van der Waals surface area contributed by atoms with Gasteiger partial charge in [0, 0.05) is 6.07 Å². The molecule has 0 saturated heterocycles. The molecule has 0 aliphatic carbocycles. The average Bonchev–Trinajstić information content (AvgIpc) is 2.91. The Morgan fingerprint density at radius 1 is 1.35 bits per heavy atom. The molecule has 0 spiro atoms. The highest BCUT2D eigenvalue weighted by Crippen LogP contribution is 2.30. The predicted octanol–water partition coefficient (Wildman–Crippen LogP) is 3.45. The molecule has 0 fully saturated rings. The van der Waals surface area contributed by atoms with Crippen molar-refractivity contribution in [3.05, 3.63) is 62.5 Å².